The molecule has 0 aliphatic rings. The Hall–Kier alpha value is -7.24. The van der Waals surface area contributed by atoms with Crippen LogP contribution in [0.2, 0.25) is 0 Å². The maximum absolute atomic E-state index is 6.77. The van der Waals surface area contributed by atoms with Gasteiger partial charge >= 0.3 is 0 Å². The molecule has 7 aromatic carbocycles. The van der Waals surface area contributed by atoms with E-state index in [4.69, 9.17) is 9.72 Å². The van der Waals surface area contributed by atoms with Crippen molar-refractivity contribution in [2.24, 2.45) is 0 Å². The minimum atomic E-state index is 0.0176. The number of fused-ring (bicyclic) bond motifs is 4. The number of hydrogen-bond acceptors (Lipinski definition) is 2. The molecule has 0 bridgehead atoms. The lowest BCUT2D eigenvalue weighted by molar-refractivity contribution is -0.571. The van der Waals surface area contributed by atoms with E-state index in [2.05, 4.69) is 225 Å². The number of rotatable bonds is 8. The van der Waals surface area contributed by atoms with Crippen molar-refractivity contribution in [3.05, 3.63) is 200 Å². The zero-order valence-electron chi connectivity index (χ0n) is 34.6. The first-order chi connectivity index (χ1) is 29.2. The van der Waals surface area contributed by atoms with Gasteiger partial charge in [-0.2, -0.15) is 0 Å². The maximum atomic E-state index is 6.77. The van der Waals surface area contributed by atoms with E-state index in [-0.39, 0.29) is 5.41 Å². The van der Waals surface area contributed by atoms with Crippen LogP contribution < -0.4 is 9.30 Å². The van der Waals surface area contributed by atoms with E-state index in [9.17, 15) is 0 Å². The highest BCUT2D eigenvalue weighted by molar-refractivity contribution is 6.09. The fourth-order valence-corrected chi connectivity index (χ4v) is 8.42. The zero-order valence-corrected chi connectivity index (χ0v) is 34.6. The standard InChI is InChI=1S/C55H46N4O/c1-37(2)40-30-31-56-53(32-40)59-49-29-26-41(55(3,4)5)33-48(49)47-28-27-44(35-52(47)59)60-43-21-14-20-42(34-43)57-36-58(51-25-13-12-24-50(51)57)54-45(38-16-8-6-9-17-38)22-15-23-46(54)39-18-10-7-11-19-39/h6-35,37H,1-5H3. The molecule has 0 aliphatic carbocycles. The van der Waals surface area contributed by atoms with Crippen LogP contribution in [0.25, 0.3) is 72.3 Å². The molecule has 292 valence electrons. The Bertz CT molecular complexity index is 3130. The van der Waals surface area contributed by atoms with E-state index in [0.717, 1.165) is 78.4 Å². The number of aromatic nitrogens is 4. The quantitative estimate of drug-likeness (QED) is 0.114. The summed E-state index contributed by atoms with van der Waals surface area (Å²) < 4.78 is 13.4. The van der Waals surface area contributed by atoms with Gasteiger partial charge in [0.1, 0.15) is 17.3 Å². The van der Waals surface area contributed by atoms with Gasteiger partial charge in [0.25, 0.3) is 6.33 Å². The second-order valence-electron chi connectivity index (χ2n) is 16.9. The van der Waals surface area contributed by atoms with Crippen LogP contribution in [0.3, 0.4) is 0 Å². The van der Waals surface area contributed by atoms with Gasteiger partial charge in [0.05, 0.1) is 33.4 Å². The summed E-state index contributed by atoms with van der Waals surface area (Å²) in [6.45, 7) is 11.2. The molecule has 5 nitrogen and oxygen atoms in total. The molecular weight excluding hydrogens is 733 g/mol. The number of benzene rings is 7. The van der Waals surface area contributed by atoms with Gasteiger partial charge in [0.15, 0.2) is 0 Å². The number of ether oxygens (including phenoxy) is 1. The summed E-state index contributed by atoms with van der Waals surface area (Å²) in [5.74, 6) is 2.76. The molecule has 0 saturated carbocycles. The van der Waals surface area contributed by atoms with Crippen LogP contribution in [0.5, 0.6) is 11.5 Å². The number of hydrogen-bond donors (Lipinski definition) is 0. The summed E-state index contributed by atoms with van der Waals surface area (Å²) in [6.07, 6.45) is 5.72. The van der Waals surface area contributed by atoms with E-state index in [1.807, 2.05) is 12.3 Å². The summed E-state index contributed by atoms with van der Waals surface area (Å²) in [7, 11) is 0. The summed E-state index contributed by atoms with van der Waals surface area (Å²) >= 11 is 0. The largest absolute Gasteiger partial charge is 0.458 e. The van der Waals surface area contributed by atoms with Crippen LogP contribution in [0.4, 0.5) is 0 Å². The van der Waals surface area contributed by atoms with E-state index in [1.165, 1.54) is 16.5 Å². The third-order valence-corrected chi connectivity index (χ3v) is 11.6. The van der Waals surface area contributed by atoms with Gasteiger partial charge in [0.2, 0.25) is 0 Å². The Morgan fingerprint density at radius 2 is 1.27 bits per heavy atom. The van der Waals surface area contributed by atoms with Crippen molar-refractivity contribution < 1.29 is 9.30 Å². The summed E-state index contributed by atoms with van der Waals surface area (Å²) in [6, 6.07) is 62.1. The average Bonchev–Trinajstić information content (AvgIpc) is 3.82. The summed E-state index contributed by atoms with van der Waals surface area (Å²) in [4.78, 5) is 4.90. The Morgan fingerprint density at radius 3 is 1.98 bits per heavy atom. The van der Waals surface area contributed by atoms with Gasteiger partial charge < -0.3 is 4.74 Å². The van der Waals surface area contributed by atoms with Crippen LogP contribution in [-0.2, 0) is 5.41 Å². The molecule has 60 heavy (non-hydrogen) atoms. The zero-order chi connectivity index (χ0) is 41.0. The molecule has 0 fully saturated rings. The first kappa shape index (κ1) is 37.1. The topological polar surface area (TPSA) is 35.9 Å². The van der Waals surface area contributed by atoms with E-state index < -0.39 is 0 Å². The van der Waals surface area contributed by atoms with Crippen molar-refractivity contribution in [1.29, 1.82) is 0 Å². The number of pyridine rings is 1. The first-order valence-corrected chi connectivity index (χ1v) is 20.7. The smallest absolute Gasteiger partial charge is 0.269 e. The van der Waals surface area contributed by atoms with Crippen LogP contribution >= 0.6 is 0 Å². The molecule has 0 N–H and O–H groups in total. The molecule has 0 saturated heterocycles. The van der Waals surface area contributed by atoms with Gasteiger partial charge in [0, 0.05) is 23.0 Å². The van der Waals surface area contributed by atoms with Crippen molar-refractivity contribution in [2.45, 2.75) is 46.0 Å². The number of imidazole rings is 1. The molecule has 0 amide bonds. The SMILES string of the molecule is CC(C)c1ccnc(-n2c3ccc(C(C)(C)C)cc3c3ccc(Oc4cccc(-n5[c-][n+](-c6c(-c7ccccc7)cccc6-c6ccccc6)c6ccccc65)c4)cc32)c1. The van der Waals surface area contributed by atoms with Gasteiger partial charge in [-0.05, 0) is 99.3 Å². The van der Waals surface area contributed by atoms with Crippen molar-refractivity contribution in [3.8, 4) is 50.9 Å². The molecule has 0 atom stereocenters. The van der Waals surface area contributed by atoms with Gasteiger partial charge in [-0.3, -0.25) is 13.7 Å². The van der Waals surface area contributed by atoms with E-state index in [0.29, 0.717) is 5.92 Å². The van der Waals surface area contributed by atoms with E-state index >= 15 is 0 Å². The Morgan fingerprint density at radius 1 is 0.583 bits per heavy atom. The monoisotopic (exact) mass is 778 g/mol. The highest BCUT2D eigenvalue weighted by atomic mass is 16.5. The second-order valence-corrected chi connectivity index (χ2v) is 16.9. The molecule has 10 aromatic rings. The number of nitrogens with zero attached hydrogens (tertiary/aromatic N) is 4. The van der Waals surface area contributed by atoms with Crippen LogP contribution in [0.15, 0.2) is 182 Å². The molecule has 0 radical (unpaired) electrons. The Kier molecular flexibility index (Phi) is 9.17. The lowest BCUT2D eigenvalue weighted by Crippen LogP contribution is -2.31. The highest BCUT2D eigenvalue weighted by Crippen LogP contribution is 2.39. The third kappa shape index (κ3) is 6.62. The van der Waals surface area contributed by atoms with Gasteiger partial charge in [-0.15, -0.1) is 0 Å². The van der Waals surface area contributed by atoms with Crippen LogP contribution in [-0.4, -0.2) is 14.1 Å². The molecule has 0 aliphatic heterocycles. The molecule has 0 spiro atoms. The molecule has 3 aromatic heterocycles. The normalized spacial score (nSPS) is 11.9. The second kappa shape index (κ2) is 14.9. The molecular formula is C55H46N4O. The van der Waals surface area contributed by atoms with Crippen molar-refractivity contribution in [3.63, 3.8) is 0 Å². The lowest BCUT2D eigenvalue weighted by Gasteiger charge is -2.19. The fourth-order valence-electron chi connectivity index (χ4n) is 8.42. The van der Waals surface area contributed by atoms with E-state index in [1.54, 1.807) is 0 Å². The van der Waals surface area contributed by atoms with Crippen molar-refractivity contribution in [2.75, 3.05) is 0 Å². The minimum Gasteiger partial charge on any atom is -0.458 e. The maximum Gasteiger partial charge on any atom is 0.269 e. The minimum absolute atomic E-state index is 0.0176. The summed E-state index contributed by atoms with van der Waals surface area (Å²) in [5, 5.41) is 2.37. The predicted molar refractivity (Wildman–Crippen MR) is 246 cm³/mol. The molecule has 0 unspecified atom stereocenters. The Balaban J connectivity index is 1.09. The summed E-state index contributed by atoms with van der Waals surface area (Å²) in [5.41, 5.74) is 13.4. The average molecular weight is 779 g/mol. The predicted octanol–water partition coefficient (Wildman–Crippen LogP) is 13.7. The van der Waals surface area contributed by atoms with Crippen LogP contribution in [0.1, 0.15) is 51.7 Å². The van der Waals surface area contributed by atoms with Crippen molar-refractivity contribution in [1.82, 2.24) is 14.1 Å². The third-order valence-electron chi connectivity index (χ3n) is 11.6. The van der Waals surface area contributed by atoms with Crippen LogP contribution in [0, 0.1) is 6.33 Å². The Labute approximate surface area is 351 Å². The number of para-hydroxylation sites is 3. The molecule has 10 rings (SSSR count). The molecule has 5 heteroatoms. The first-order valence-electron chi connectivity index (χ1n) is 20.7. The highest BCUT2D eigenvalue weighted by Gasteiger charge is 2.22. The van der Waals surface area contributed by atoms with Gasteiger partial charge in [-0.1, -0.05) is 150 Å². The lowest BCUT2D eigenvalue weighted by atomic mass is 9.86. The molecule has 3 heterocycles. The van der Waals surface area contributed by atoms with Crippen molar-refractivity contribution >= 4 is 32.8 Å². The van der Waals surface area contributed by atoms with Gasteiger partial charge in [-0.25, -0.2) is 4.98 Å². The fraction of sp³-hybridized carbons (Fsp3) is 0.127.